The molecular weight excluding hydrogens is 295 g/mol. The van der Waals surface area contributed by atoms with Crippen molar-refractivity contribution in [1.82, 2.24) is 9.32 Å². The summed E-state index contributed by atoms with van der Waals surface area (Å²) in [5.74, 6) is 0.546. The van der Waals surface area contributed by atoms with E-state index in [1.807, 2.05) is 6.08 Å². The minimum absolute atomic E-state index is 0.125. The van der Waals surface area contributed by atoms with E-state index in [0.717, 1.165) is 11.4 Å². The normalized spacial score (nSPS) is 26.0. The third-order valence-corrected chi connectivity index (χ3v) is 3.92. The largest absolute Gasteiger partial charge is 0.370 e. The van der Waals surface area contributed by atoms with E-state index in [0.29, 0.717) is 19.7 Å². The molecule has 112 valence electrons. The monoisotopic (exact) mass is 310 g/mol. The molecule has 0 aliphatic carbocycles. The fraction of sp³-hybridized carbons (Fsp3) is 0.357. The first kappa shape index (κ1) is 14.3. The van der Waals surface area contributed by atoms with Crippen LogP contribution in [0.25, 0.3) is 0 Å². The molecule has 1 aromatic carbocycles. The predicted molar refractivity (Wildman–Crippen MR) is 78.9 cm³/mol. The third kappa shape index (κ3) is 3.02. The number of aliphatic imine (C=N–C) groups is 1. The van der Waals surface area contributed by atoms with Crippen molar-refractivity contribution in [3.63, 3.8) is 0 Å². The number of halogens is 2. The lowest BCUT2D eigenvalue weighted by Crippen LogP contribution is -2.46. The van der Waals surface area contributed by atoms with E-state index in [-0.39, 0.29) is 11.9 Å². The van der Waals surface area contributed by atoms with E-state index in [9.17, 15) is 4.39 Å². The first-order chi connectivity index (χ1) is 10.1. The molecule has 0 spiro atoms. The van der Waals surface area contributed by atoms with Gasteiger partial charge in [0.15, 0.2) is 6.29 Å². The lowest BCUT2D eigenvalue weighted by atomic mass is 10.1. The van der Waals surface area contributed by atoms with Crippen LogP contribution in [-0.4, -0.2) is 41.5 Å². The molecule has 0 amide bonds. The van der Waals surface area contributed by atoms with E-state index >= 15 is 0 Å². The maximum atomic E-state index is 13.0. The van der Waals surface area contributed by atoms with Crippen LogP contribution in [0.2, 0.25) is 0 Å². The molecule has 2 heterocycles. The van der Waals surface area contributed by atoms with Gasteiger partial charge in [0.1, 0.15) is 17.7 Å². The Kier molecular flexibility index (Phi) is 4.10. The van der Waals surface area contributed by atoms with Crippen LogP contribution in [0.1, 0.15) is 11.7 Å². The summed E-state index contributed by atoms with van der Waals surface area (Å²) < 4.78 is 20.2. The van der Waals surface area contributed by atoms with Crippen molar-refractivity contribution in [2.45, 2.75) is 12.4 Å². The summed E-state index contributed by atoms with van der Waals surface area (Å²) in [6.45, 7) is 1.91. The van der Waals surface area contributed by atoms with Crippen molar-refractivity contribution in [2.75, 3.05) is 19.7 Å². The highest BCUT2D eigenvalue weighted by atomic mass is 35.5. The van der Waals surface area contributed by atoms with Gasteiger partial charge < -0.3 is 9.64 Å². The number of allylic oxidation sites excluding steroid dienone is 1. The van der Waals surface area contributed by atoms with Gasteiger partial charge in [0.25, 0.3) is 0 Å². The van der Waals surface area contributed by atoms with Gasteiger partial charge in [-0.15, -0.1) is 0 Å². The summed E-state index contributed by atoms with van der Waals surface area (Å²) in [6.07, 6.45) is 2.77. The van der Waals surface area contributed by atoms with Crippen LogP contribution in [0.5, 0.6) is 0 Å². The Morgan fingerprint density at radius 1 is 1.33 bits per heavy atom. The maximum Gasteiger partial charge on any atom is 0.189 e. The number of hydrogen-bond acceptors (Lipinski definition) is 5. The Bertz CT molecular complexity index is 563. The third-order valence-electron chi connectivity index (χ3n) is 3.55. The first-order valence-electron chi connectivity index (χ1n) is 6.71. The standard InChI is InChI=1S/C14H16ClFN4O/c15-20-13(5-6-18-14(20)17)19-7-8-21-12(9-19)10-1-3-11(16)4-2-10/h1-6,12,14H,7-9,17H2. The average molecular weight is 311 g/mol. The van der Waals surface area contributed by atoms with Gasteiger partial charge in [-0.05, 0) is 23.8 Å². The molecule has 3 rings (SSSR count). The van der Waals surface area contributed by atoms with E-state index in [1.165, 1.54) is 16.6 Å². The Hall–Kier alpha value is -1.63. The number of morpholine rings is 1. The summed E-state index contributed by atoms with van der Waals surface area (Å²) >= 11 is 6.18. The average Bonchev–Trinajstić information content (AvgIpc) is 2.51. The van der Waals surface area contributed by atoms with Crippen molar-refractivity contribution in [1.29, 1.82) is 0 Å². The topological polar surface area (TPSA) is 54.1 Å². The van der Waals surface area contributed by atoms with Crippen LogP contribution >= 0.6 is 11.8 Å². The summed E-state index contributed by atoms with van der Waals surface area (Å²) in [7, 11) is 0. The lowest BCUT2D eigenvalue weighted by molar-refractivity contribution is -0.0253. The van der Waals surface area contributed by atoms with Crippen LogP contribution in [0.3, 0.4) is 0 Å². The second-order valence-corrected chi connectivity index (χ2v) is 5.27. The van der Waals surface area contributed by atoms with E-state index in [2.05, 4.69) is 9.89 Å². The highest BCUT2D eigenvalue weighted by Gasteiger charge is 2.28. The Morgan fingerprint density at radius 3 is 2.86 bits per heavy atom. The summed E-state index contributed by atoms with van der Waals surface area (Å²) in [4.78, 5) is 6.11. The zero-order valence-corrected chi connectivity index (χ0v) is 12.1. The Morgan fingerprint density at radius 2 is 2.10 bits per heavy atom. The van der Waals surface area contributed by atoms with Crippen molar-refractivity contribution in [3.8, 4) is 0 Å². The molecule has 2 aliphatic rings. The molecule has 0 saturated carbocycles. The molecule has 0 radical (unpaired) electrons. The minimum atomic E-state index is -0.584. The molecule has 0 aromatic heterocycles. The molecule has 5 nitrogen and oxygen atoms in total. The van der Waals surface area contributed by atoms with Gasteiger partial charge in [-0.2, -0.15) is 0 Å². The number of ether oxygens (including phenoxy) is 1. The van der Waals surface area contributed by atoms with Gasteiger partial charge in [-0.25, -0.2) is 8.81 Å². The number of nitrogens with zero attached hydrogens (tertiary/aromatic N) is 3. The van der Waals surface area contributed by atoms with Crippen molar-refractivity contribution >= 4 is 18.0 Å². The molecule has 0 bridgehead atoms. The molecule has 2 aliphatic heterocycles. The molecule has 21 heavy (non-hydrogen) atoms. The highest BCUT2D eigenvalue weighted by molar-refractivity contribution is 6.15. The van der Waals surface area contributed by atoms with E-state index in [4.69, 9.17) is 22.2 Å². The first-order valence-corrected chi connectivity index (χ1v) is 7.05. The van der Waals surface area contributed by atoms with Gasteiger partial charge in [0.2, 0.25) is 0 Å². The molecule has 2 atom stereocenters. The zero-order valence-electron chi connectivity index (χ0n) is 11.3. The van der Waals surface area contributed by atoms with Gasteiger partial charge in [0.05, 0.1) is 6.61 Å². The molecule has 1 saturated heterocycles. The van der Waals surface area contributed by atoms with Crippen LogP contribution < -0.4 is 5.73 Å². The van der Waals surface area contributed by atoms with Crippen LogP contribution in [0.15, 0.2) is 41.2 Å². The quantitative estimate of drug-likeness (QED) is 0.847. The van der Waals surface area contributed by atoms with Crippen LogP contribution in [-0.2, 0) is 4.74 Å². The zero-order chi connectivity index (χ0) is 14.8. The fourth-order valence-electron chi connectivity index (χ4n) is 2.44. The van der Waals surface area contributed by atoms with E-state index < -0.39 is 6.29 Å². The van der Waals surface area contributed by atoms with Gasteiger partial charge >= 0.3 is 0 Å². The molecule has 2 unspecified atom stereocenters. The summed E-state index contributed by atoms with van der Waals surface area (Å²) in [6, 6.07) is 6.36. The van der Waals surface area contributed by atoms with Gasteiger partial charge in [0, 0.05) is 31.1 Å². The second-order valence-electron chi connectivity index (χ2n) is 4.90. The number of nitrogens with two attached hydrogens (primary N) is 1. The second kappa shape index (κ2) is 6.01. The lowest BCUT2D eigenvalue weighted by Gasteiger charge is -2.39. The minimum Gasteiger partial charge on any atom is -0.370 e. The molecule has 1 fully saturated rings. The SMILES string of the molecule is NC1N=CC=C(N2CCOC(c3ccc(F)cc3)C2)N1Cl. The summed E-state index contributed by atoms with van der Waals surface area (Å²) in [5.41, 5.74) is 6.73. The van der Waals surface area contributed by atoms with E-state index in [1.54, 1.807) is 18.3 Å². The van der Waals surface area contributed by atoms with Crippen molar-refractivity contribution in [2.24, 2.45) is 10.7 Å². The summed E-state index contributed by atoms with van der Waals surface area (Å²) in [5, 5.41) is 0. The van der Waals surface area contributed by atoms with Crippen molar-refractivity contribution < 1.29 is 9.13 Å². The predicted octanol–water partition coefficient (Wildman–Crippen LogP) is 1.82. The highest BCUT2D eigenvalue weighted by Crippen LogP contribution is 2.27. The number of rotatable bonds is 2. The smallest absolute Gasteiger partial charge is 0.189 e. The van der Waals surface area contributed by atoms with Crippen molar-refractivity contribution in [3.05, 3.63) is 47.5 Å². The fourth-order valence-corrected chi connectivity index (χ4v) is 2.65. The number of hydrogen-bond donors (Lipinski definition) is 1. The maximum absolute atomic E-state index is 13.0. The van der Waals surface area contributed by atoms with Crippen LogP contribution in [0, 0.1) is 5.82 Å². The molecule has 7 heteroatoms. The van der Waals surface area contributed by atoms with Crippen LogP contribution in [0.4, 0.5) is 4.39 Å². The molecule has 2 N–H and O–H groups in total. The molecular formula is C14H16ClFN4O. The van der Waals surface area contributed by atoms with Gasteiger partial charge in [-0.3, -0.25) is 10.7 Å². The number of benzene rings is 1. The Labute approximate surface area is 127 Å². The molecule has 1 aromatic rings. The Balaban J connectivity index is 1.75. The van der Waals surface area contributed by atoms with Gasteiger partial charge in [-0.1, -0.05) is 12.1 Å².